The minimum absolute atomic E-state index is 0.123. The molecule has 0 saturated carbocycles. The number of ether oxygens (including phenoxy) is 2. The largest absolute Gasteiger partial charge is 0.493 e. The van der Waals surface area contributed by atoms with Crippen molar-refractivity contribution in [3.63, 3.8) is 0 Å². The summed E-state index contributed by atoms with van der Waals surface area (Å²) in [6.07, 6.45) is 2.42. The van der Waals surface area contributed by atoms with Crippen LogP contribution in [0.4, 0.5) is 5.82 Å². The fourth-order valence-corrected chi connectivity index (χ4v) is 4.90. The Kier molecular flexibility index (Phi) is 9.94. The second-order valence-electron chi connectivity index (χ2n) is 10.8. The highest BCUT2D eigenvalue weighted by Crippen LogP contribution is 2.30. The molecular weight excluding hydrogens is 536 g/mol. The Balaban J connectivity index is 1.40. The summed E-state index contributed by atoms with van der Waals surface area (Å²) < 4.78 is 16.1. The molecule has 0 radical (unpaired) electrons. The third-order valence-corrected chi connectivity index (χ3v) is 7.54. The van der Waals surface area contributed by atoms with E-state index in [4.69, 9.17) is 23.9 Å². The predicted molar refractivity (Wildman–Crippen MR) is 163 cm³/mol. The van der Waals surface area contributed by atoms with Crippen molar-refractivity contribution in [2.45, 2.75) is 50.1 Å². The number of carbonyl (C=O) groups is 1. The van der Waals surface area contributed by atoms with Crippen molar-refractivity contribution in [3.05, 3.63) is 95.1 Å². The van der Waals surface area contributed by atoms with E-state index >= 15 is 0 Å². The molecular formula is C32H38N4O4S. The lowest BCUT2D eigenvalue weighted by molar-refractivity contribution is 0.0948. The van der Waals surface area contributed by atoms with Crippen molar-refractivity contribution in [1.29, 1.82) is 0 Å². The molecule has 0 bridgehead atoms. The number of aromatic nitrogens is 2. The van der Waals surface area contributed by atoms with E-state index in [2.05, 4.69) is 50.2 Å². The highest BCUT2D eigenvalue weighted by Gasteiger charge is 2.20. The molecule has 1 N–H and O–H groups in total. The second-order valence-corrected chi connectivity index (χ2v) is 11.7. The lowest BCUT2D eigenvalue weighted by Crippen LogP contribution is -2.24. The number of carbonyl (C=O) groups excluding carboxylic acids is 1. The van der Waals surface area contributed by atoms with Crippen LogP contribution in [-0.2, 0) is 24.1 Å². The number of hydrogen-bond donors (Lipinski definition) is 1. The highest BCUT2D eigenvalue weighted by atomic mass is 32.2. The average molecular weight is 575 g/mol. The molecule has 4 rings (SSSR count). The number of rotatable bonds is 12. The standard InChI is InChI=1S/C32H38N4O4S/c1-32(2,3)28-19-29(36(4)16-15-22-11-14-26(38-5)27(18-22)39-6)35-31(34-28)41-21-23-9-12-24(13-10-23)30(37)33-20-25-8-7-17-40-25/h7-14,17-19H,15-16,20-21H2,1-6H3,(H,33,37). The Labute approximate surface area is 246 Å². The summed E-state index contributed by atoms with van der Waals surface area (Å²) in [7, 11) is 5.35. The van der Waals surface area contributed by atoms with Gasteiger partial charge in [-0.15, -0.1) is 0 Å². The van der Waals surface area contributed by atoms with Gasteiger partial charge in [0.2, 0.25) is 0 Å². The van der Waals surface area contributed by atoms with Crippen molar-refractivity contribution in [2.75, 3.05) is 32.7 Å². The topological polar surface area (TPSA) is 89.7 Å². The summed E-state index contributed by atoms with van der Waals surface area (Å²) >= 11 is 1.59. The molecule has 2 heterocycles. The maximum Gasteiger partial charge on any atom is 0.251 e. The van der Waals surface area contributed by atoms with Crippen molar-refractivity contribution in [1.82, 2.24) is 15.3 Å². The summed E-state index contributed by atoms with van der Waals surface area (Å²) in [5, 5.41) is 3.60. The zero-order chi connectivity index (χ0) is 29.4. The van der Waals surface area contributed by atoms with Gasteiger partial charge in [-0.05, 0) is 53.9 Å². The SMILES string of the molecule is COc1ccc(CCN(C)c2cc(C(C)(C)C)nc(SCc3ccc(C(=O)NCc4ccco4)cc3)n2)cc1OC. The molecule has 2 aromatic carbocycles. The Morgan fingerprint density at radius 3 is 2.37 bits per heavy atom. The van der Waals surface area contributed by atoms with Gasteiger partial charge in [0, 0.05) is 36.4 Å². The molecule has 0 spiro atoms. The lowest BCUT2D eigenvalue weighted by atomic mass is 9.92. The molecule has 0 atom stereocenters. The predicted octanol–water partition coefficient (Wildman–Crippen LogP) is 6.29. The third kappa shape index (κ3) is 8.27. The number of thioether (sulfide) groups is 1. The molecule has 41 heavy (non-hydrogen) atoms. The Morgan fingerprint density at radius 2 is 1.71 bits per heavy atom. The number of benzene rings is 2. The van der Waals surface area contributed by atoms with E-state index in [-0.39, 0.29) is 11.3 Å². The number of furan rings is 1. The molecule has 0 aliphatic carbocycles. The fraction of sp³-hybridized carbons (Fsp3) is 0.344. The molecule has 216 valence electrons. The number of amides is 1. The van der Waals surface area contributed by atoms with Crippen molar-refractivity contribution in [3.8, 4) is 11.5 Å². The fourth-order valence-electron chi connectivity index (χ4n) is 4.09. The van der Waals surface area contributed by atoms with Gasteiger partial charge in [0.1, 0.15) is 11.6 Å². The first kappa shape index (κ1) is 30.0. The first-order chi connectivity index (χ1) is 19.7. The molecule has 0 aliphatic rings. The number of nitrogens with zero attached hydrogens (tertiary/aromatic N) is 3. The van der Waals surface area contributed by atoms with Gasteiger partial charge in [0.05, 0.1) is 32.7 Å². The van der Waals surface area contributed by atoms with E-state index in [1.54, 1.807) is 38.3 Å². The molecule has 1 amide bonds. The highest BCUT2D eigenvalue weighted by molar-refractivity contribution is 7.98. The van der Waals surface area contributed by atoms with Gasteiger partial charge in [-0.1, -0.05) is 50.7 Å². The van der Waals surface area contributed by atoms with Crippen LogP contribution in [0.3, 0.4) is 0 Å². The van der Waals surface area contributed by atoms with Crippen LogP contribution >= 0.6 is 11.8 Å². The van der Waals surface area contributed by atoms with Crippen LogP contribution in [0.1, 0.15) is 53.7 Å². The van der Waals surface area contributed by atoms with Crippen LogP contribution in [0.2, 0.25) is 0 Å². The van der Waals surface area contributed by atoms with E-state index in [9.17, 15) is 4.79 Å². The average Bonchev–Trinajstić information content (AvgIpc) is 3.51. The van der Waals surface area contributed by atoms with Gasteiger partial charge in [0.25, 0.3) is 5.91 Å². The van der Waals surface area contributed by atoms with Gasteiger partial charge in [0.15, 0.2) is 16.7 Å². The van der Waals surface area contributed by atoms with Crippen LogP contribution in [0.25, 0.3) is 0 Å². The van der Waals surface area contributed by atoms with Gasteiger partial charge in [-0.2, -0.15) is 0 Å². The lowest BCUT2D eigenvalue weighted by Gasteiger charge is -2.23. The zero-order valence-electron chi connectivity index (χ0n) is 24.6. The number of hydrogen-bond acceptors (Lipinski definition) is 8. The van der Waals surface area contributed by atoms with Crippen LogP contribution in [0.15, 0.2) is 76.5 Å². The molecule has 9 heteroatoms. The third-order valence-electron chi connectivity index (χ3n) is 6.62. The molecule has 0 unspecified atom stereocenters. The van der Waals surface area contributed by atoms with Gasteiger partial charge in [-0.3, -0.25) is 4.79 Å². The maximum absolute atomic E-state index is 12.5. The quantitative estimate of drug-likeness (QED) is 0.156. The smallest absolute Gasteiger partial charge is 0.251 e. The summed E-state index contributed by atoms with van der Waals surface area (Å²) in [6.45, 7) is 7.62. The molecule has 0 fully saturated rings. The minimum atomic E-state index is -0.137. The van der Waals surface area contributed by atoms with E-state index in [1.807, 2.05) is 42.5 Å². The van der Waals surface area contributed by atoms with Crippen LogP contribution in [-0.4, -0.2) is 43.7 Å². The van der Waals surface area contributed by atoms with E-state index < -0.39 is 0 Å². The Bertz CT molecular complexity index is 1430. The molecule has 0 saturated heterocycles. The summed E-state index contributed by atoms with van der Waals surface area (Å²) in [4.78, 5) is 24.4. The second kappa shape index (κ2) is 13.6. The molecule has 4 aromatic rings. The Hall–Kier alpha value is -3.98. The van der Waals surface area contributed by atoms with Crippen molar-refractivity contribution in [2.24, 2.45) is 0 Å². The molecule has 0 aliphatic heterocycles. The van der Waals surface area contributed by atoms with Crippen LogP contribution < -0.4 is 19.7 Å². The first-order valence-electron chi connectivity index (χ1n) is 13.5. The van der Waals surface area contributed by atoms with Crippen LogP contribution in [0.5, 0.6) is 11.5 Å². The number of anilines is 1. The number of likely N-dealkylation sites (N-methyl/N-ethyl adjacent to an activating group) is 1. The summed E-state index contributed by atoms with van der Waals surface area (Å²) in [5.41, 5.74) is 3.72. The Morgan fingerprint density at radius 1 is 0.976 bits per heavy atom. The summed E-state index contributed by atoms with van der Waals surface area (Å²) in [6, 6.07) is 19.3. The van der Waals surface area contributed by atoms with Crippen LogP contribution in [0, 0.1) is 0 Å². The van der Waals surface area contributed by atoms with E-state index in [1.165, 1.54) is 0 Å². The maximum atomic E-state index is 12.5. The van der Waals surface area contributed by atoms with Gasteiger partial charge < -0.3 is 24.1 Å². The monoisotopic (exact) mass is 574 g/mol. The number of nitrogens with one attached hydrogen (secondary N) is 1. The van der Waals surface area contributed by atoms with Gasteiger partial charge in [-0.25, -0.2) is 9.97 Å². The minimum Gasteiger partial charge on any atom is -0.493 e. The van der Waals surface area contributed by atoms with Gasteiger partial charge >= 0.3 is 0 Å². The summed E-state index contributed by atoms with van der Waals surface area (Å²) in [5.74, 6) is 3.61. The van der Waals surface area contributed by atoms with Crippen molar-refractivity contribution < 1.29 is 18.7 Å². The van der Waals surface area contributed by atoms with Crippen molar-refractivity contribution >= 4 is 23.5 Å². The van der Waals surface area contributed by atoms with E-state index in [0.717, 1.165) is 58.0 Å². The normalized spacial score (nSPS) is 11.3. The number of methoxy groups -OCH3 is 2. The molecule has 8 nitrogen and oxygen atoms in total. The van der Waals surface area contributed by atoms with E-state index in [0.29, 0.717) is 17.9 Å². The molecule has 2 aromatic heterocycles. The first-order valence-corrected chi connectivity index (χ1v) is 14.5. The zero-order valence-corrected chi connectivity index (χ0v) is 25.4.